The summed E-state index contributed by atoms with van der Waals surface area (Å²) in [5.74, 6) is -1.22. The zero-order valence-corrected chi connectivity index (χ0v) is 23.4. The van der Waals surface area contributed by atoms with Crippen molar-refractivity contribution in [3.05, 3.63) is 0 Å². The molecular weight excluding hydrogens is 538 g/mol. The minimum absolute atomic E-state index is 0.0844. The van der Waals surface area contributed by atoms with Crippen LogP contribution in [0, 0.1) is 0 Å². The molecule has 0 aromatic rings. The molecule has 15 nitrogen and oxygen atoms in total. The summed E-state index contributed by atoms with van der Waals surface area (Å²) >= 11 is 0. The van der Waals surface area contributed by atoms with Crippen LogP contribution in [-0.2, 0) is 42.7 Å². The molecule has 234 valence electrons. The number of amides is 1. The molecule has 15 heteroatoms. The molecule has 2 heterocycles. The number of unbranched alkanes of at least 4 members (excludes halogenated alkanes) is 2. The summed E-state index contributed by atoms with van der Waals surface area (Å²) < 4.78 is 37.3. The fourth-order valence-corrected chi connectivity index (χ4v) is 4.48. The first kappa shape index (κ1) is 34.7. The van der Waals surface area contributed by atoms with Gasteiger partial charge in [0, 0.05) is 14.2 Å². The van der Waals surface area contributed by atoms with Gasteiger partial charge < -0.3 is 64.0 Å². The monoisotopic (exact) mass is 583 g/mol. The van der Waals surface area contributed by atoms with Crippen molar-refractivity contribution in [1.29, 1.82) is 0 Å². The van der Waals surface area contributed by atoms with E-state index in [4.69, 9.17) is 33.2 Å². The summed E-state index contributed by atoms with van der Waals surface area (Å²) in [6.07, 6.45) is -10.9. The molecule has 1 amide bonds. The van der Waals surface area contributed by atoms with Gasteiger partial charge in [0.05, 0.1) is 19.8 Å². The largest absolute Gasteiger partial charge is 0.464 e. The summed E-state index contributed by atoms with van der Waals surface area (Å²) in [5, 5.41) is 54.5. The van der Waals surface area contributed by atoms with Crippen LogP contribution in [0.15, 0.2) is 0 Å². The lowest BCUT2D eigenvalue weighted by molar-refractivity contribution is -0.331. The number of aliphatic hydroxyl groups is 5. The van der Waals surface area contributed by atoms with Gasteiger partial charge in [-0.25, -0.2) is 4.79 Å². The lowest BCUT2D eigenvalue weighted by Crippen LogP contribution is -2.62. The molecular formula is C25H45NO14. The fraction of sp³-hybridized carbons (Fsp3) is 0.920. The third-order valence-corrected chi connectivity index (χ3v) is 6.71. The van der Waals surface area contributed by atoms with Crippen molar-refractivity contribution in [3.63, 3.8) is 0 Å². The average Bonchev–Trinajstić information content (AvgIpc) is 2.93. The second-order valence-electron chi connectivity index (χ2n) is 9.71. The summed E-state index contributed by atoms with van der Waals surface area (Å²) in [4.78, 5) is 24.9. The van der Waals surface area contributed by atoms with Crippen LogP contribution in [0.4, 0.5) is 0 Å². The maximum absolute atomic E-state index is 12.6. The molecule has 4 unspecified atom stereocenters. The van der Waals surface area contributed by atoms with Crippen LogP contribution in [0.3, 0.4) is 0 Å². The topological polar surface area (TPSA) is 212 Å². The van der Waals surface area contributed by atoms with Crippen LogP contribution in [0.1, 0.15) is 39.5 Å². The van der Waals surface area contributed by atoms with Gasteiger partial charge in [-0.15, -0.1) is 0 Å². The van der Waals surface area contributed by atoms with E-state index in [1.54, 1.807) is 6.92 Å². The van der Waals surface area contributed by atoms with Gasteiger partial charge in [-0.2, -0.15) is 0 Å². The van der Waals surface area contributed by atoms with Gasteiger partial charge in [-0.05, 0) is 13.3 Å². The van der Waals surface area contributed by atoms with E-state index in [1.807, 2.05) is 6.92 Å². The minimum atomic E-state index is -1.62. The first-order valence-corrected chi connectivity index (χ1v) is 13.5. The lowest BCUT2D eigenvalue weighted by Gasteiger charge is -2.43. The Morgan fingerprint density at radius 2 is 1.50 bits per heavy atom. The molecule has 6 N–H and O–H groups in total. The van der Waals surface area contributed by atoms with Crippen LogP contribution in [0.5, 0.6) is 0 Å². The Kier molecular flexibility index (Phi) is 15.1. The van der Waals surface area contributed by atoms with E-state index in [2.05, 4.69) is 5.32 Å². The Balaban J connectivity index is 2.00. The highest BCUT2D eigenvalue weighted by Crippen LogP contribution is 2.27. The molecule has 2 saturated heterocycles. The molecule has 40 heavy (non-hydrogen) atoms. The number of carbonyl (C=O) groups is 2. The normalized spacial score (nSPS) is 35.2. The summed E-state index contributed by atoms with van der Waals surface area (Å²) in [7, 11) is 2.63. The molecule has 0 spiro atoms. The number of aliphatic hydroxyl groups excluding tert-OH is 5. The summed E-state index contributed by atoms with van der Waals surface area (Å²) in [6, 6.07) is -0.863. The van der Waals surface area contributed by atoms with Gasteiger partial charge >= 0.3 is 5.97 Å². The molecule has 0 radical (unpaired) electrons. The zero-order chi connectivity index (χ0) is 29.8. The number of carbonyl (C=O) groups excluding carboxylic acids is 2. The van der Waals surface area contributed by atoms with Crippen molar-refractivity contribution in [2.24, 2.45) is 0 Å². The zero-order valence-electron chi connectivity index (χ0n) is 23.4. The molecule has 2 aliphatic heterocycles. The van der Waals surface area contributed by atoms with E-state index >= 15 is 0 Å². The van der Waals surface area contributed by atoms with Crippen molar-refractivity contribution < 1.29 is 68.3 Å². The molecule has 2 aliphatic rings. The first-order chi connectivity index (χ1) is 19.1. The van der Waals surface area contributed by atoms with E-state index in [1.165, 1.54) is 14.2 Å². The third kappa shape index (κ3) is 9.52. The van der Waals surface area contributed by atoms with Gasteiger partial charge in [0.1, 0.15) is 61.5 Å². The summed E-state index contributed by atoms with van der Waals surface area (Å²) in [5.41, 5.74) is 0. The van der Waals surface area contributed by atoms with Crippen molar-refractivity contribution in [2.75, 3.05) is 40.6 Å². The minimum Gasteiger partial charge on any atom is -0.464 e. The molecule has 2 fully saturated rings. The van der Waals surface area contributed by atoms with Crippen molar-refractivity contribution >= 4 is 11.9 Å². The molecule has 2 rings (SSSR count). The Labute approximate surface area is 233 Å². The van der Waals surface area contributed by atoms with Gasteiger partial charge in [0.2, 0.25) is 5.91 Å². The van der Waals surface area contributed by atoms with Crippen molar-refractivity contribution in [2.45, 2.75) is 107 Å². The smallest absolute Gasteiger partial charge is 0.328 e. The third-order valence-electron chi connectivity index (χ3n) is 6.71. The number of esters is 1. The van der Waals surface area contributed by atoms with Crippen LogP contribution in [0.25, 0.3) is 0 Å². The standard InChI is InChI=1S/C25H45NO14/c1-5-7-8-9-13(23(33)36-6-2)26-16(27)12-37-22-18(29)15(39-24(35-4)21(22)32)11-38-25-20(31)19(30)17(28)14(40-25)10-34-3/h13-15,17-22,24-25,28-32H,5-12H2,1-4H3,(H,26,27)/t13-,14?,15?,17+,18+,19-,20?,21?,22-,24-,25+/m0/s1. The second-order valence-corrected chi connectivity index (χ2v) is 9.71. The number of hydrogen-bond acceptors (Lipinski definition) is 14. The van der Waals surface area contributed by atoms with E-state index in [-0.39, 0.29) is 13.2 Å². The fourth-order valence-electron chi connectivity index (χ4n) is 4.48. The first-order valence-electron chi connectivity index (χ1n) is 13.5. The highest BCUT2D eigenvalue weighted by atomic mass is 16.7. The predicted octanol–water partition coefficient (Wildman–Crippen LogP) is -2.44. The van der Waals surface area contributed by atoms with E-state index in [0.29, 0.717) is 12.8 Å². The van der Waals surface area contributed by atoms with Crippen LogP contribution in [0.2, 0.25) is 0 Å². The van der Waals surface area contributed by atoms with Crippen LogP contribution in [-0.4, -0.2) is 146 Å². The molecule has 0 aliphatic carbocycles. The van der Waals surface area contributed by atoms with Gasteiger partial charge in [0.25, 0.3) is 0 Å². The van der Waals surface area contributed by atoms with Gasteiger partial charge in [-0.1, -0.05) is 26.2 Å². The number of ether oxygens (including phenoxy) is 7. The number of methoxy groups -OCH3 is 2. The molecule has 11 atom stereocenters. The SMILES string of the molecule is CCCCC[C@H](NC(=O)CO[C@@H]1C(O)[C@@H](OC)OC(CO[C@@H]2OC(COC)[C@@H](O)[C@H](O)C2O)[C@H]1O)C(=O)OCC. The van der Waals surface area contributed by atoms with E-state index < -0.39 is 92.5 Å². The molecule has 0 bridgehead atoms. The quantitative estimate of drug-likeness (QED) is 0.0824. The highest BCUT2D eigenvalue weighted by molar-refractivity contribution is 5.85. The lowest BCUT2D eigenvalue weighted by atomic mass is 9.98. The second kappa shape index (κ2) is 17.5. The Morgan fingerprint density at radius 3 is 2.12 bits per heavy atom. The predicted molar refractivity (Wildman–Crippen MR) is 135 cm³/mol. The van der Waals surface area contributed by atoms with Crippen molar-refractivity contribution in [1.82, 2.24) is 5.32 Å². The van der Waals surface area contributed by atoms with Gasteiger partial charge in [0.15, 0.2) is 12.6 Å². The number of hydrogen-bond donors (Lipinski definition) is 6. The Bertz CT molecular complexity index is 759. The maximum atomic E-state index is 12.6. The van der Waals surface area contributed by atoms with Crippen LogP contribution < -0.4 is 5.32 Å². The Hall–Kier alpha value is -1.50. The van der Waals surface area contributed by atoms with Crippen LogP contribution >= 0.6 is 0 Å². The van der Waals surface area contributed by atoms with E-state index in [9.17, 15) is 35.1 Å². The highest BCUT2D eigenvalue weighted by Gasteiger charge is 2.48. The van der Waals surface area contributed by atoms with Crippen molar-refractivity contribution in [3.8, 4) is 0 Å². The van der Waals surface area contributed by atoms with Gasteiger partial charge in [-0.3, -0.25) is 4.79 Å². The van der Waals surface area contributed by atoms with E-state index in [0.717, 1.165) is 12.8 Å². The maximum Gasteiger partial charge on any atom is 0.328 e. The number of nitrogens with one attached hydrogen (secondary N) is 1. The number of rotatable bonds is 16. The Morgan fingerprint density at radius 1 is 0.825 bits per heavy atom. The average molecular weight is 584 g/mol. The molecule has 0 saturated carbocycles. The molecule has 0 aromatic heterocycles. The molecule has 0 aromatic carbocycles. The summed E-state index contributed by atoms with van der Waals surface area (Å²) in [6.45, 7) is 2.74.